The summed E-state index contributed by atoms with van der Waals surface area (Å²) in [6.07, 6.45) is 10.3. The summed E-state index contributed by atoms with van der Waals surface area (Å²) in [5, 5.41) is 4.04. The van der Waals surface area contributed by atoms with E-state index in [2.05, 4.69) is 17.1 Å². The molecule has 4 fully saturated rings. The van der Waals surface area contributed by atoms with Crippen LogP contribution in [0.2, 0.25) is 0 Å². The Hall–Kier alpha value is -0.0800. The van der Waals surface area contributed by atoms with Crippen LogP contribution in [0.3, 0.4) is 0 Å². The number of nitrogens with zero attached hydrogens (tertiary/aromatic N) is 1. The van der Waals surface area contributed by atoms with Crippen molar-refractivity contribution < 1.29 is 0 Å². The molecule has 3 saturated carbocycles. The maximum atomic E-state index is 4.04. The number of hydrogen-bond acceptors (Lipinski definition) is 2. The lowest BCUT2D eigenvalue weighted by atomic mass is 10.1. The molecule has 1 N–H and O–H groups in total. The molecule has 0 aromatic heterocycles. The normalized spacial score (nSPS) is 39.2. The van der Waals surface area contributed by atoms with Gasteiger partial charge in [-0.2, -0.15) is 0 Å². The predicted octanol–water partition coefficient (Wildman–Crippen LogP) is 2.39. The fraction of sp³-hybridized carbons (Fsp3) is 1.00. The van der Waals surface area contributed by atoms with Crippen molar-refractivity contribution in [2.45, 2.75) is 76.0 Å². The summed E-state index contributed by atoms with van der Waals surface area (Å²) in [5.41, 5.74) is 0. The van der Waals surface area contributed by atoms with Gasteiger partial charge < -0.3 is 5.32 Å². The molecule has 2 nitrogen and oxygen atoms in total. The van der Waals surface area contributed by atoms with Crippen LogP contribution in [0.1, 0.15) is 51.9 Å². The Bertz CT molecular complexity index is 279. The van der Waals surface area contributed by atoms with Crippen LogP contribution in [0.4, 0.5) is 0 Å². The van der Waals surface area contributed by atoms with Gasteiger partial charge in [0.05, 0.1) is 0 Å². The van der Waals surface area contributed by atoms with Gasteiger partial charge in [0.25, 0.3) is 0 Å². The molecule has 0 aromatic carbocycles. The molecule has 3 aliphatic carbocycles. The quantitative estimate of drug-likeness (QED) is 0.786. The molecule has 96 valence electrons. The molecule has 0 amide bonds. The lowest BCUT2D eigenvalue weighted by Crippen LogP contribution is -2.42. The largest absolute Gasteiger partial charge is 0.309 e. The molecule has 0 bridgehead atoms. The first kappa shape index (κ1) is 10.8. The fourth-order valence-corrected chi connectivity index (χ4v) is 3.93. The molecular weight excluding hydrogens is 208 g/mol. The zero-order valence-electron chi connectivity index (χ0n) is 11.1. The Morgan fingerprint density at radius 1 is 1.00 bits per heavy atom. The van der Waals surface area contributed by atoms with Crippen molar-refractivity contribution in [3.05, 3.63) is 0 Å². The highest BCUT2D eigenvalue weighted by Crippen LogP contribution is 2.45. The second-order valence-corrected chi connectivity index (χ2v) is 7.08. The average Bonchev–Trinajstić information content (AvgIpc) is 3.17. The van der Waals surface area contributed by atoms with Crippen molar-refractivity contribution in [2.24, 2.45) is 11.8 Å². The zero-order chi connectivity index (χ0) is 11.4. The van der Waals surface area contributed by atoms with Gasteiger partial charge in [0.2, 0.25) is 0 Å². The molecular formula is C15H26N2. The fourth-order valence-electron chi connectivity index (χ4n) is 3.93. The Morgan fingerprint density at radius 3 is 2.18 bits per heavy atom. The van der Waals surface area contributed by atoms with Gasteiger partial charge in [-0.15, -0.1) is 0 Å². The summed E-state index contributed by atoms with van der Waals surface area (Å²) in [4.78, 5) is 2.77. The molecule has 0 spiro atoms. The van der Waals surface area contributed by atoms with Crippen molar-refractivity contribution in [1.29, 1.82) is 0 Å². The van der Waals surface area contributed by atoms with Crippen molar-refractivity contribution in [1.82, 2.24) is 10.2 Å². The third-order valence-corrected chi connectivity index (χ3v) is 5.33. The molecule has 0 aromatic rings. The minimum Gasteiger partial charge on any atom is -0.309 e. The van der Waals surface area contributed by atoms with Crippen LogP contribution in [0.25, 0.3) is 0 Å². The first-order chi connectivity index (χ1) is 8.31. The van der Waals surface area contributed by atoms with Crippen LogP contribution in [0, 0.1) is 11.8 Å². The van der Waals surface area contributed by atoms with E-state index in [9.17, 15) is 0 Å². The smallest absolute Gasteiger partial charge is 0.0212 e. The van der Waals surface area contributed by atoms with Crippen molar-refractivity contribution >= 4 is 0 Å². The number of rotatable bonds is 5. The molecule has 0 radical (unpaired) electrons. The third-order valence-electron chi connectivity index (χ3n) is 5.33. The minimum atomic E-state index is 0.803. The standard InChI is InChI=1S/C15H26N2/c1-10-8-13(9-17(10)14-6-7-14)16-15(11-2-3-11)12-4-5-12/h10-16H,2-9H2,1H3. The minimum absolute atomic E-state index is 0.803. The molecule has 1 saturated heterocycles. The Labute approximate surface area is 105 Å². The van der Waals surface area contributed by atoms with Crippen LogP contribution in [-0.2, 0) is 0 Å². The van der Waals surface area contributed by atoms with Gasteiger partial charge in [-0.25, -0.2) is 0 Å². The van der Waals surface area contributed by atoms with E-state index in [1.165, 1.54) is 51.5 Å². The number of nitrogens with one attached hydrogen (secondary N) is 1. The zero-order valence-corrected chi connectivity index (χ0v) is 11.1. The first-order valence-electron chi connectivity index (χ1n) is 7.83. The second-order valence-electron chi connectivity index (χ2n) is 7.08. The summed E-state index contributed by atoms with van der Waals surface area (Å²) in [6.45, 7) is 3.77. The van der Waals surface area contributed by atoms with Crippen molar-refractivity contribution in [3.63, 3.8) is 0 Å². The highest BCUT2D eigenvalue weighted by atomic mass is 15.3. The van der Waals surface area contributed by atoms with Crippen molar-refractivity contribution in [3.8, 4) is 0 Å². The summed E-state index contributed by atoms with van der Waals surface area (Å²) in [7, 11) is 0. The predicted molar refractivity (Wildman–Crippen MR) is 70.0 cm³/mol. The Morgan fingerprint density at radius 2 is 1.65 bits per heavy atom. The monoisotopic (exact) mass is 234 g/mol. The van der Waals surface area contributed by atoms with E-state index in [-0.39, 0.29) is 0 Å². The van der Waals surface area contributed by atoms with Gasteiger partial charge in [-0.05, 0) is 63.7 Å². The van der Waals surface area contributed by atoms with Gasteiger partial charge in [0.15, 0.2) is 0 Å². The lowest BCUT2D eigenvalue weighted by Gasteiger charge is -2.23. The number of hydrogen-bond donors (Lipinski definition) is 1. The SMILES string of the molecule is CC1CC(NC(C2CC2)C2CC2)CN1C1CC1. The number of likely N-dealkylation sites (tertiary alicyclic amines) is 1. The van der Waals surface area contributed by atoms with Crippen LogP contribution in [-0.4, -0.2) is 35.6 Å². The van der Waals surface area contributed by atoms with Crippen LogP contribution in [0.5, 0.6) is 0 Å². The summed E-state index contributed by atoms with van der Waals surface area (Å²) in [5.74, 6) is 2.10. The molecule has 4 rings (SSSR count). The maximum Gasteiger partial charge on any atom is 0.0212 e. The Balaban J connectivity index is 1.35. The van der Waals surface area contributed by atoms with E-state index in [4.69, 9.17) is 0 Å². The molecule has 2 atom stereocenters. The Kier molecular flexibility index (Phi) is 2.52. The molecule has 2 unspecified atom stereocenters. The van der Waals surface area contributed by atoms with Gasteiger partial charge in [0, 0.05) is 30.7 Å². The van der Waals surface area contributed by atoms with E-state index in [1.807, 2.05) is 0 Å². The van der Waals surface area contributed by atoms with E-state index in [0.29, 0.717) is 0 Å². The molecule has 17 heavy (non-hydrogen) atoms. The highest BCUT2D eigenvalue weighted by Gasteiger charge is 2.44. The van der Waals surface area contributed by atoms with E-state index in [1.54, 1.807) is 0 Å². The highest BCUT2D eigenvalue weighted by molar-refractivity contribution is 5.01. The van der Waals surface area contributed by atoms with Crippen LogP contribution >= 0.6 is 0 Å². The van der Waals surface area contributed by atoms with E-state index in [0.717, 1.165) is 36.0 Å². The summed E-state index contributed by atoms with van der Waals surface area (Å²) < 4.78 is 0. The van der Waals surface area contributed by atoms with Gasteiger partial charge in [-0.3, -0.25) is 4.90 Å². The van der Waals surface area contributed by atoms with Crippen molar-refractivity contribution in [2.75, 3.05) is 6.54 Å². The van der Waals surface area contributed by atoms with Gasteiger partial charge in [-0.1, -0.05) is 0 Å². The molecule has 1 aliphatic heterocycles. The average molecular weight is 234 g/mol. The van der Waals surface area contributed by atoms with E-state index < -0.39 is 0 Å². The van der Waals surface area contributed by atoms with Crippen LogP contribution in [0.15, 0.2) is 0 Å². The lowest BCUT2D eigenvalue weighted by molar-refractivity contribution is 0.252. The third kappa shape index (κ3) is 2.26. The van der Waals surface area contributed by atoms with Gasteiger partial charge in [0.1, 0.15) is 0 Å². The summed E-state index contributed by atoms with van der Waals surface area (Å²) >= 11 is 0. The van der Waals surface area contributed by atoms with Gasteiger partial charge >= 0.3 is 0 Å². The molecule has 1 heterocycles. The summed E-state index contributed by atoms with van der Waals surface area (Å²) in [6, 6.07) is 3.49. The molecule has 4 aliphatic rings. The first-order valence-corrected chi connectivity index (χ1v) is 7.83. The topological polar surface area (TPSA) is 15.3 Å². The molecule has 2 heteroatoms. The van der Waals surface area contributed by atoms with Crippen LogP contribution < -0.4 is 5.32 Å². The van der Waals surface area contributed by atoms with E-state index >= 15 is 0 Å². The second kappa shape index (κ2) is 3.96. The maximum absolute atomic E-state index is 4.04.